The maximum atomic E-state index is 12.1. The summed E-state index contributed by atoms with van der Waals surface area (Å²) in [4.78, 5) is 23.9. The number of hydrogen-bond acceptors (Lipinski definition) is 6. The zero-order chi connectivity index (χ0) is 17.7. The Morgan fingerprint density at radius 1 is 1.29 bits per heavy atom. The fourth-order valence-electron chi connectivity index (χ4n) is 2.46. The molecule has 8 heteroatoms. The minimum absolute atomic E-state index is 0.121. The van der Waals surface area contributed by atoms with Gasteiger partial charge in [-0.1, -0.05) is 6.07 Å². The van der Waals surface area contributed by atoms with Crippen LogP contribution in [0.5, 0.6) is 11.5 Å². The minimum atomic E-state index is -0.674. The van der Waals surface area contributed by atoms with E-state index in [9.17, 15) is 9.59 Å². The van der Waals surface area contributed by atoms with Crippen molar-refractivity contribution in [2.45, 2.75) is 13.0 Å². The predicted octanol–water partition coefficient (Wildman–Crippen LogP) is 0.867. The first-order valence-electron chi connectivity index (χ1n) is 7.30. The highest BCUT2D eigenvalue weighted by Gasteiger charge is 2.32. The van der Waals surface area contributed by atoms with E-state index in [0.717, 1.165) is 0 Å². The van der Waals surface area contributed by atoms with Crippen LogP contribution in [-0.2, 0) is 9.53 Å². The molecule has 1 aliphatic heterocycles. The number of esters is 1. The van der Waals surface area contributed by atoms with Gasteiger partial charge in [0.25, 0.3) is 0 Å². The number of hydrogen-bond donors (Lipinski definition) is 3. The summed E-state index contributed by atoms with van der Waals surface area (Å²) < 4.78 is 15.5. The summed E-state index contributed by atoms with van der Waals surface area (Å²) in [6.07, 6.45) is 0. The summed E-state index contributed by atoms with van der Waals surface area (Å²) in [5.41, 5.74) is 1.37. The molecule has 0 radical (unpaired) electrons. The van der Waals surface area contributed by atoms with Crippen LogP contribution in [0, 0.1) is 0 Å². The molecular formula is C16H20N2O6. The largest absolute Gasteiger partial charge is 0.493 e. The zero-order valence-corrected chi connectivity index (χ0v) is 13.7. The van der Waals surface area contributed by atoms with Gasteiger partial charge in [-0.3, -0.25) is 0 Å². The Morgan fingerprint density at radius 2 is 2.04 bits per heavy atom. The highest BCUT2D eigenvalue weighted by Crippen LogP contribution is 2.34. The number of ether oxygens (including phenoxy) is 3. The van der Waals surface area contributed by atoms with E-state index in [2.05, 4.69) is 10.6 Å². The summed E-state index contributed by atoms with van der Waals surface area (Å²) in [5, 5.41) is 14.1. The van der Waals surface area contributed by atoms with Crippen LogP contribution in [-0.4, -0.2) is 44.5 Å². The lowest BCUT2D eigenvalue weighted by Crippen LogP contribution is -2.45. The van der Waals surface area contributed by atoms with Crippen molar-refractivity contribution in [1.29, 1.82) is 0 Å². The van der Waals surface area contributed by atoms with Gasteiger partial charge in [0.05, 0.1) is 32.4 Å². The predicted molar refractivity (Wildman–Crippen MR) is 84.7 cm³/mol. The van der Waals surface area contributed by atoms with Crippen molar-refractivity contribution < 1.29 is 28.9 Å². The third-order valence-electron chi connectivity index (χ3n) is 3.54. The fraction of sp³-hybridized carbons (Fsp3) is 0.375. The Bertz CT molecular complexity index is 671. The number of nitrogens with one attached hydrogen (secondary N) is 2. The first-order chi connectivity index (χ1) is 11.5. The van der Waals surface area contributed by atoms with Gasteiger partial charge in [0.1, 0.15) is 6.61 Å². The van der Waals surface area contributed by atoms with Crippen LogP contribution in [0.2, 0.25) is 0 Å². The second kappa shape index (κ2) is 7.69. The second-order valence-electron chi connectivity index (χ2n) is 5.04. The topological polar surface area (TPSA) is 106 Å². The molecule has 1 aromatic carbocycles. The Kier molecular flexibility index (Phi) is 5.64. The van der Waals surface area contributed by atoms with Crippen molar-refractivity contribution in [1.82, 2.24) is 10.6 Å². The molecule has 2 rings (SSSR count). The number of benzene rings is 1. The molecule has 0 aliphatic carbocycles. The number of methoxy groups -OCH3 is 2. The van der Waals surface area contributed by atoms with Gasteiger partial charge in [0, 0.05) is 5.70 Å². The molecule has 1 unspecified atom stereocenters. The molecule has 1 aromatic rings. The van der Waals surface area contributed by atoms with E-state index in [0.29, 0.717) is 28.3 Å². The smallest absolute Gasteiger partial charge is 0.337 e. The molecule has 0 saturated heterocycles. The van der Waals surface area contributed by atoms with Gasteiger partial charge in [-0.05, 0) is 24.6 Å². The van der Waals surface area contributed by atoms with E-state index in [1.54, 1.807) is 25.1 Å². The molecule has 1 aliphatic rings. The third kappa shape index (κ3) is 3.60. The van der Waals surface area contributed by atoms with E-state index in [1.165, 1.54) is 14.2 Å². The zero-order valence-electron chi connectivity index (χ0n) is 13.7. The first-order valence-corrected chi connectivity index (χ1v) is 7.30. The van der Waals surface area contributed by atoms with Crippen molar-refractivity contribution in [3.05, 3.63) is 35.0 Å². The lowest BCUT2D eigenvalue weighted by molar-refractivity contribution is -0.136. The van der Waals surface area contributed by atoms with Crippen LogP contribution >= 0.6 is 0 Å². The highest BCUT2D eigenvalue weighted by atomic mass is 16.5. The van der Waals surface area contributed by atoms with E-state index in [-0.39, 0.29) is 13.2 Å². The molecule has 0 spiro atoms. The van der Waals surface area contributed by atoms with E-state index >= 15 is 0 Å². The number of aliphatic hydroxyl groups is 1. The maximum absolute atomic E-state index is 12.1. The Labute approximate surface area is 139 Å². The van der Waals surface area contributed by atoms with Crippen molar-refractivity contribution in [3.63, 3.8) is 0 Å². The summed E-state index contributed by atoms with van der Waals surface area (Å²) >= 11 is 0. The summed E-state index contributed by atoms with van der Waals surface area (Å²) in [6, 6.07) is 3.94. The lowest BCUT2D eigenvalue weighted by atomic mass is 9.95. The SMILES string of the molecule is COC(=O)C1=C(C)NC(=O)NC1c1ccc(OCCO)c(OC)c1. The van der Waals surface area contributed by atoms with Crippen molar-refractivity contribution in [2.75, 3.05) is 27.4 Å². The van der Waals surface area contributed by atoms with Gasteiger partial charge in [0.15, 0.2) is 11.5 Å². The van der Waals surface area contributed by atoms with Crippen molar-refractivity contribution in [2.24, 2.45) is 0 Å². The monoisotopic (exact) mass is 336 g/mol. The molecule has 2 amide bonds. The summed E-state index contributed by atoms with van der Waals surface area (Å²) in [7, 11) is 2.76. The van der Waals surface area contributed by atoms with Crippen LogP contribution in [0.1, 0.15) is 18.5 Å². The number of urea groups is 1. The van der Waals surface area contributed by atoms with E-state index < -0.39 is 18.0 Å². The molecule has 0 aromatic heterocycles. The average molecular weight is 336 g/mol. The van der Waals surface area contributed by atoms with Gasteiger partial charge in [-0.2, -0.15) is 0 Å². The summed E-state index contributed by atoms with van der Waals surface area (Å²) in [5.74, 6) is 0.344. The molecular weight excluding hydrogens is 316 g/mol. The van der Waals surface area contributed by atoms with Gasteiger partial charge >= 0.3 is 12.0 Å². The average Bonchev–Trinajstić information content (AvgIpc) is 2.58. The van der Waals surface area contributed by atoms with Crippen LogP contribution in [0.15, 0.2) is 29.5 Å². The molecule has 24 heavy (non-hydrogen) atoms. The second-order valence-corrected chi connectivity index (χ2v) is 5.04. The molecule has 130 valence electrons. The Hall–Kier alpha value is -2.74. The lowest BCUT2D eigenvalue weighted by Gasteiger charge is -2.28. The number of carbonyl (C=O) groups excluding carboxylic acids is 2. The molecule has 0 fully saturated rings. The first kappa shape index (κ1) is 17.6. The number of carbonyl (C=O) groups is 2. The number of rotatable bonds is 6. The number of amides is 2. The van der Waals surface area contributed by atoms with Crippen LogP contribution in [0.3, 0.4) is 0 Å². The van der Waals surface area contributed by atoms with Gasteiger partial charge in [0.2, 0.25) is 0 Å². The normalized spacial score (nSPS) is 17.0. The van der Waals surface area contributed by atoms with Gasteiger partial charge < -0.3 is 30.0 Å². The van der Waals surface area contributed by atoms with Gasteiger partial charge in [-0.25, -0.2) is 9.59 Å². The quantitative estimate of drug-likeness (QED) is 0.666. The fourth-order valence-corrected chi connectivity index (χ4v) is 2.46. The van der Waals surface area contributed by atoms with E-state index in [4.69, 9.17) is 19.3 Å². The Morgan fingerprint density at radius 3 is 2.67 bits per heavy atom. The molecule has 0 bridgehead atoms. The van der Waals surface area contributed by atoms with Crippen LogP contribution in [0.4, 0.5) is 4.79 Å². The van der Waals surface area contributed by atoms with Crippen LogP contribution in [0.25, 0.3) is 0 Å². The third-order valence-corrected chi connectivity index (χ3v) is 3.54. The molecule has 0 saturated carbocycles. The molecule has 1 heterocycles. The molecule has 8 nitrogen and oxygen atoms in total. The van der Waals surface area contributed by atoms with Crippen molar-refractivity contribution >= 4 is 12.0 Å². The standard InChI is InChI=1S/C16H20N2O6/c1-9-13(15(20)23-3)14(18-16(21)17-9)10-4-5-11(24-7-6-19)12(8-10)22-2/h4-5,8,14,19H,6-7H2,1-3H3,(H2,17,18,21). The molecule has 1 atom stereocenters. The van der Waals surface area contributed by atoms with E-state index in [1.807, 2.05) is 0 Å². The van der Waals surface area contributed by atoms with Crippen LogP contribution < -0.4 is 20.1 Å². The number of allylic oxidation sites excluding steroid dienone is 1. The minimum Gasteiger partial charge on any atom is -0.493 e. The maximum Gasteiger partial charge on any atom is 0.337 e. The highest BCUT2D eigenvalue weighted by molar-refractivity contribution is 5.94. The molecule has 3 N–H and O–H groups in total. The van der Waals surface area contributed by atoms with Gasteiger partial charge in [-0.15, -0.1) is 0 Å². The summed E-state index contributed by atoms with van der Waals surface area (Å²) in [6.45, 7) is 1.64. The Balaban J connectivity index is 2.42. The van der Waals surface area contributed by atoms with Crippen molar-refractivity contribution in [3.8, 4) is 11.5 Å². The number of aliphatic hydroxyl groups excluding tert-OH is 1.